The largest absolute Gasteiger partial charge is 0.497 e. The first kappa shape index (κ1) is 15.3. The summed E-state index contributed by atoms with van der Waals surface area (Å²) >= 11 is 3.42. The van der Waals surface area contributed by atoms with Gasteiger partial charge in [0.15, 0.2) is 0 Å². The summed E-state index contributed by atoms with van der Waals surface area (Å²) in [6, 6.07) is 15.1. The van der Waals surface area contributed by atoms with Gasteiger partial charge in [0.05, 0.1) is 19.7 Å². The van der Waals surface area contributed by atoms with Gasteiger partial charge in [-0.15, -0.1) is 0 Å². The van der Waals surface area contributed by atoms with Crippen LogP contribution in [0.2, 0.25) is 0 Å². The van der Waals surface area contributed by atoms with E-state index in [4.69, 9.17) is 4.74 Å². The number of hydrazone groups is 1. The lowest BCUT2D eigenvalue weighted by molar-refractivity contribution is -0.120. The van der Waals surface area contributed by atoms with Gasteiger partial charge in [0.25, 0.3) is 0 Å². The monoisotopic (exact) mass is 346 g/mol. The van der Waals surface area contributed by atoms with Gasteiger partial charge >= 0.3 is 0 Å². The Morgan fingerprint density at radius 2 is 2.05 bits per heavy atom. The summed E-state index contributed by atoms with van der Waals surface area (Å²) in [5, 5.41) is 3.96. The van der Waals surface area contributed by atoms with E-state index in [0.29, 0.717) is 6.42 Å². The second-order valence-electron chi connectivity index (χ2n) is 4.34. The van der Waals surface area contributed by atoms with E-state index in [1.54, 1.807) is 13.3 Å². The van der Waals surface area contributed by atoms with E-state index < -0.39 is 0 Å². The van der Waals surface area contributed by atoms with Gasteiger partial charge in [-0.3, -0.25) is 4.79 Å². The third kappa shape index (κ3) is 4.72. The van der Waals surface area contributed by atoms with Crippen LogP contribution >= 0.6 is 15.9 Å². The van der Waals surface area contributed by atoms with Crippen LogP contribution in [-0.4, -0.2) is 19.2 Å². The highest BCUT2D eigenvalue weighted by molar-refractivity contribution is 9.10. The van der Waals surface area contributed by atoms with Crippen LogP contribution in [-0.2, 0) is 11.2 Å². The number of benzene rings is 2. The number of carbonyl (C=O) groups excluding carboxylic acids is 1. The molecule has 2 aromatic carbocycles. The number of hydrogen-bond acceptors (Lipinski definition) is 3. The van der Waals surface area contributed by atoms with E-state index in [1.807, 2.05) is 48.5 Å². The maximum absolute atomic E-state index is 11.7. The molecule has 5 heteroatoms. The van der Waals surface area contributed by atoms with Crippen molar-refractivity contribution in [3.05, 3.63) is 64.1 Å². The number of hydrogen-bond donors (Lipinski definition) is 1. The summed E-state index contributed by atoms with van der Waals surface area (Å²) in [6.45, 7) is 0. The van der Waals surface area contributed by atoms with Gasteiger partial charge in [-0.05, 0) is 23.8 Å². The normalized spacial score (nSPS) is 10.6. The molecule has 0 bridgehead atoms. The lowest BCUT2D eigenvalue weighted by Gasteiger charge is -2.03. The molecule has 0 saturated heterocycles. The molecular weight excluding hydrogens is 332 g/mol. The average molecular weight is 347 g/mol. The van der Waals surface area contributed by atoms with Gasteiger partial charge in [0.1, 0.15) is 5.75 Å². The molecule has 0 fully saturated rings. The highest BCUT2D eigenvalue weighted by Gasteiger charge is 2.02. The van der Waals surface area contributed by atoms with E-state index >= 15 is 0 Å². The number of methoxy groups -OCH3 is 1. The third-order valence-electron chi connectivity index (χ3n) is 2.80. The van der Waals surface area contributed by atoms with Crippen molar-refractivity contribution in [2.45, 2.75) is 6.42 Å². The molecule has 0 aliphatic carbocycles. The quantitative estimate of drug-likeness (QED) is 0.667. The zero-order valence-electron chi connectivity index (χ0n) is 11.5. The Balaban J connectivity index is 1.94. The first-order valence-corrected chi connectivity index (χ1v) is 7.17. The van der Waals surface area contributed by atoms with Crippen LogP contribution in [0.5, 0.6) is 5.75 Å². The predicted molar refractivity (Wildman–Crippen MR) is 86.6 cm³/mol. The first-order valence-electron chi connectivity index (χ1n) is 6.38. The maximum Gasteiger partial charge on any atom is 0.244 e. The van der Waals surface area contributed by atoms with Gasteiger partial charge in [-0.2, -0.15) is 5.10 Å². The minimum absolute atomic E-state index is 0.156. The highest BCUT2D eigenvalue weighted by Crippen LogP contribution is 2.20. The Bertz CT molecular complexity index is 642. The smallest absolute Gasteiger partial charge is 0.244 e. The number of carbonyl (C=O) groups is 1. The summed E-state index contributed by atoms with van der Waals surface area (Å²) in [5.74, 6) is 0.576. The molecule has 0 atom stereocenters. The first-order chi connectivity index (χ1) is 10.2. The summed E-state index contributed by atoms with van der Waals surface area (Å²) in [6.07, 6.45) is 1.88. The highest BCUT2D eigenvalue weighted by atomic mass is 79.9. The van der Waals surface area contributed by atoms with Crippen LogP contribution in [0.3, 0.4) is 0 Å². The number of nitrogens with zero attached hydrogens (tertiary/aromatic N) is 1. The number of amides is 1. The molecule has 0 unspecified atom stereocenters. The fourth-order valence-electron chi connectivity index (χ4n) is 1.74. The molecule has 108 valence electrons. The van der Waals surface area contributed by atoms with Crippen molar-refractivity contribution in [2.75, 3.05) is 7.11 Å². The minimum Gasteiger partial charge on any atom is -0.497 e. The molecule has 2 rings (SSSR count). The molecule has 0 heterocycles. The molecule has 1 N–H and O–H groups in total. The van der Waals surface area contributed by atoms with Crippen molar-refractivity contribution in [3.63, 3.8) is 0 Å². The van der Waals surface area contributed by atoms with Crippen molar-refractivity contribution >= 4 is 28.1 Å². The number of nitrogens with one attached hydrogen (secondary N) is 1. The SMILES string of the molecule is COc1ccc(Br)c(/C=N/NC(=O)Cc2ccccc2)c1. The van der Waals surface area contributed by atoms with Crippen LogP contribution in [0, 0.1) is 0 Å². The Labute approximate surface area is 132 Å². The fourth-order valence-corrected chi connectivity index (χ4v) is 2.09. The lowest BCUT2D eigenvalue weighted by Crippen LogP contribution is -2.19. The Morgan fingerprint density at radius 3 is 2.76 bits per heavy atom. The van der Waals surface area contributed by atoms with E-state index in [0.717, 1.165) is 21.3 Å². The number of halogens is 1. The van der Waals surface area contributed by atoms with E-state index in [9.17, 15) is 4.79 Å². The second kappa shape index (κ2) is 7.59. The number of ether oxygens (including phenoxy) is 1. The van der Waals surface area contributed by atoms with Crippen molar-refractivity contribution in [1.29, 1.82) is 0 Å². The van der Waals surface area contributed by atoms with Crippen LogP contribution in [0.25, 0.3) is 0 Å². The van der Waals surface area contributed by atoms with E-state index in [-0.39, 0.29) is 5.91 Å². The van der Waals surface area contributed by atoms with Crippen molar-refractivity contribution in [2.24, 2.45) is 5.10 Å². The Morgan fingerprint density at radius 1 is 1.29 bits per heavy atom. The fraction of sp³-hybridized carbons (Fsp3) is 0.125. The van der Waals surface area contributed by atoms with Crippen LogP contribution in [0.1, 0.15) is 11.1 Å². The maximum atomic E-state index is 11.7. The third-order valence-corrected chi connectivity index (χ3v) is 3.53. The van der Waals surface area contributed by atoms with Gasteiger partial charge in [0, 0.05) is 10.0 Å². The van der Waals surface area contributed by atoms with Crippen molar-refractivity contribution in [3.8, 4) is 5.75 Å². The molecule has 4 nitrogen and oxygen atoms in total. The summed E-state index contributed by atoms with van der Waals surface area (Å²) in [4.78, 5) is 11.7. The van der Waals surface area contributed by atoms with Crippen LogP contribution < -0.4 is 10.2 Å². The molecule has 0 aliphatic rings. The second-order valence-corrected chi connectivity index (χ2v) is 5.20. The predicted octanol–water partition coefficient (Wildman–Crippen LogP) is 3.15. The van der Waals surface area contributed by atoms with Gasteiger partial charge < -0.3 is 4.74 Å². The molecule has 0 aromatic heterocycles. The van der Waals surface area contributed by atoms with Gasteiger partial charge in [-0.1, -0.05) is 46.3 Å². The zero-order chi connectivity index (χ0) is 15.1. The average Bonchev–Trinajstić information content (AvgIpc) is 2.50. The topological polar surface area (TPSA) is 50.7 Å². The van der Waals surface area contributed by atoms with Crippen molar-refractivity contribution < 1.29 is 9.53 Å². The van der Waals surface area contributed by atoms with E-state index in [2.05, 4.69) is 26.5 Å². The van der Waals surface area contributed by atoms with E-state index in [1.165, 1.54) is 0 Å². The zero-order valence-corrected chi connectivity index (χ0v) is 13.1. The van der Waals surface area contributed by atoms with Gasteiger partial charge in [0.2, 0.25) is 5.91 Å². The van der Waals surface area contributed by atoms with Crippen LogP contribution in [0.15, 0.2) is 58.1 Å². The standard InChI is InChI=1S/C16H15BrN2O2/c1-21-14-7-8-15(17)13(10-14)11-18-19-16(20)9-12-5-3-2-4-6-12/h2-8,10-11H,9H2,1H3,(H,19,20)/b18-11+. The summed E-state index contributed by atoms with van der Waals surface area (Å²) in [7, 11) is 1.60. The van der Waals surface area contributed by atoms with Crippen LogP contribution in [0.4, 0.5) is 0 Å². The summed E-state index contributed by atoms with van der Waals surface area (Å²) < 4.78 is 6.03. The Hall–Kier alpha value is -2.14. The number of rotatable bonds is 5. The molecule has 0 spiro atoms. The van der Waals surface area contributed by atoms with Gasteiger partial charge in [-0.25, -0.2) is 5.43 Å². The van der Waals surface area contributed by atoms with Crippen molar-refractivity contribution in [1.82, 2.24) is 5.43 Å². The molecule has 0 aliphatic heterocycles. The summed E-state index contributed by atoms with van der Waals surface area (Å²) in [5.41, 5.74) is 4.29. The molecule has 1 amide bonds. The molecule has 0 radical (unpaired) electrons. The lowest BCUT2D eigenvalue weighted by atomic mass is 10.1. The minimum atomic E-state index is -0.156. The molecular formula is C16H15BrN2O2. The molecule has 21 heavy (non-hydrogen) atoms. The molecule has 2 aromatic rings. The molecule has 0 saturated carbocycles. The Kier molecular flexibility index (Phi) is 5.51.